The van der Waals surface area contributed by atoms with E-state index in [1.807, 2.05) is 30.3 Å². The van der Waals surface area contributed by atoms with Crippen LogP contribution in [-0.2, 0) is 4.79 Å². The number of ether oxygens (including phenoxy) is 1. The molecule has 23 heavy (non-hydrogen) atoms. The molecule has 3 rings (SSSR count). The van der Waals surface area contributed by atoms with Crippen LogP contribution in [0.25, 0.3) is 11.5 Å². The molecular formula is C17H15N3O3. The lowest BCUT2D eigenvalue weighted by atomic mass is 10.2. The first-order chi connectivity index (χ1) is 11.2. The van der Waals surface area contributed by atoms with Gasteiger partial charge in [0, 0.05) is 11.3 Å². The summed E-state index contributed by atoms with van der Waals surface area (Å²) in [5, 5.41) is 10.3. The van der Waals surface area contributed by atoms with Gasteiger partial charge in [-0.15, -0.1) is 10.2 Å². The first kappa shape index (κ1) is 14.8. The van der Waals surface area contributed by atoms with Crippen LogP contribution < -0.4 is 10.1 Å². The third-order valence-electron chi connectivity index (χ3n) is 3.18. The van der Waals surface area contributed by atoms with E-state index in [-0.39, 0.29) is 5.91 Å². The van der Waals surface area contributed by atoms with Crippen molar-refractivity contribution in [3.05, 3.63) is 61.0 Å². The van der Waals surface area contributed by atoms with E-state index in [1.54, 1.807) is 31.2 Å². The zero-order valence-electron chi connectivity index (χ0n) is 12.5. The van der Waals surface area contributed by atoms with E-state index in [9.17, 15) is 4.79 Å². The molecule has 0 unspecified atom stereocenters. The Bertz CT molecular complexity index is 756. The van der Waals surface area contributed by atoms with Crippen LogP contribution in [0.1, 0.15) is 6.92 Å². The largest absolute Gasteiger partial charge is 0.481 e. The van der Waals surface area contributed by atoms with Crippen LogP contribution in [0.4, 0.5) is 5.69 Å². The summed E-state index contributed by atoms with van der Waals surface area (Å²) < 4.78 is 10.8. The second-order valence-electron chi connectivity index (χ2n) is 4.88. The molecule has 116 valence electrons. The molecule has 1 aromatic heterocycles. The van der Waals surface area contributed by atoms with Crippen LogP contribution >= 0.6 is 0 Å². The van der Waals surface area contributed by atoms with E-state index in [0.29, 0.717) is 11.6 Å². The predicted molar refractivity (Wildman–Crippen MR) is 84.9 cm³/mol. The molecule has 0 saturated heterocycles. The molecule has 0 fully saturated rings. The molecule has 6 heteroatoms. The fourth-order valence-corrected chi connectivity index (χ4v) is 2.00. The van der Waals surface area contributed by atoms with Crippen molar-refractivity contribution in [2.75, 3.05) is 5.32 Å². The average Bonchev–Trinajstić information content (AvgIpc) is 3.11. The molecule has 0 aliphatic heterocycles. The van der Waals surface area contributed by atoms with Gasteiger partial charge in [0.15, 0.2) is 6.10 Å². The molecule has 1 amide bonds. The molecule has 1 atom stereocenters. The van der Waals surface area contributed by atoms with Crippen molar-refractivity contribution >= 4 is 11.6 Å². The summed E-state index contributed by atoms with van der Waals surface area (Å²) >= 11 is 0. The van der Waals surface area contributed by atoms with Gasteiger partial charge < -0.3 is 14.5 Å². The Morgan fingerprint density at radius 3 is 2.52 bits per heavy atom. The molecule has 1 heterocycles. The molecule has 0 bridgehead atoms. The van der Waals surface area contributed by atoms with E-state index >= 15 is 0 Å². The van der Waals surface area contributed by atoms with Crippen LogP contribution in [0, 0.1) is 0 Å². The minimum atomic E-state index is -0.621. The minimum absolute atomic E-state index is 0.211. The topological polar surface area (TPSA) is 77.2 Å². The average molecular weight is 309 g/mol. The van der Waals surface area contributed by atoms with Gasteiger partial charge in [-0.25, -0.2) is 0 Å². The number of hydrogen-bond donors (Lipinski definition) is 1. The monoisotopic (exact) mass is 309 g/mol. The van der Waals surface area contributed by atoms with E-state index in [4.69, 9.17) is 9.15 Å². The van der Waals surface area contributed by atoms with Crippen molar-refractivity contribution in [3.63, 3.8) is 0 Å². The van der Waals surface area contributed by atoms with Gasteiger partial charge in [0.1, 0.15) is 5.75 Å². The van der Waals surface area contributed by atoms with Crippen LogP contribution in [-0.4, -0.2) is 22.2 Å². The van der Waals surface area contributed by atoms with Crippen molar-refractivity contribution in [2.24, 2.45) is 0 Å². The lowest BCUT2D eigenvalue weighted by Gasteiger charge is -2.14. The van der Waals surface area contributed by atoms with Gasteiger partial charge in [0.2, 0.25) is 12.3 Å². The van der Waals surface area contributed by atoms with Gasteiger partial charge in [-0.3, -0.25) is 4.79 Å². The van der Waals surface area contributed by atoms with Gasteiger partial charge in [-0.05, 0) is 43.3 Å². The molecule has 0 aliphatic rings. The smallest absolute Gasteiger partial charge is 0.265 e. The highest BCUT2D eigenvalue weighted by Crippen LogP contribution is 2.21. The van der Waals surface area contributed by atoms with E-state index in [2.05, 4.69) is 15.5 Å². The summed E-state index contributed by atoms with van der Waals surface area (Å²) in [6.45, 7) is 1.70. The summed E-state index contributed by atoms with van der Waals surface area (Å²) in [7, 11) is 0. The molecule has 0 radical (unpaired) electrons. The fraction of sp³-hybridized carbons (Fsp3) is 0.118. The number of carbonyl (C=O) groups excluding carboxylic acids is 1. The molecule has 2 aromatic carbocycles. The molecular weight excluding hydrogens is 294 g/mol. The summed E-state index contributed by atoms with van der Waals surface area (Å²) in [6, 6.07) is 16.4. The summed E-state index contributed by atoms with van der Waals surface area (Å²) in [5.41, 5.74) is 1.52. The summed E-state index contributed by atoms with van der Waals surface area (Å²) in [5.74, 6) is 0.813. The van der Waals surface area contributed by atoms with Crippen molar-refractivity contribution in [2.45, 2.75) is 13.0 Å². The maximum Gasteiger partial charge on any atom is 0.265 e. The van der Waals surface area contributed by atoms with Gasteiger partial charge in [-0.1, -0.05) is 18.2 Å². The number of para-hydroxylation sites is 1. The highest BCUT2D eigenvalue weighted by molar-refractivity contribution is 5.94. The number of hydrogen-bond acceptors (Lipinski definition) is 5. The van der Waals surface area contributed by atoms with Crippen molar-refractivity contribution in [3.8, 4) is 17.2 Å². The first-order valence-corrected chi connectivity index (χ1v) is 7.11. The highest BCUT2D eigenvalue weighted by atomic mass is 16.5. The van der Waals surface area contributed by atoms with Crippen LogP contribution in [0.2, 0.25) is 0 Å². The van der Waals surface area contributed by atoms with E-state index in [0.717, 1.165) is 11.3 Å². The Hall–Kier alpha value is -3.15. The molecule has 3 aromatic rings. The predicted octanol–water partition coefficient (Wildman–Crippen LogP) is 3.14. The standard InChI is InChI=1S/C17H15N3O3/c1-12(16(21)19-14-5-3-2-4-6-14)23-15-9-7-13(8-10-15)17-20-18-11-22-17/h2-12H,1H3,(H,19,21)/t12-/m0/s1. The van der Waals surface area contributed by atoms with Gasteiger partial charge >= 0.3 is 0 Å². The normalized spacial score (nSPS) is 11.7. The third-order valence-corrected chi connectivity index (χ3v) is 3.18. The number of nitrogens with one attached hydrogen (secondary N) is 1. The van der Waals surface area contributed by atoms with Crippen LogP contribution in [0.3, 0.4) is 0 Å². The first-order valence-electron chi connectivity index (χ1n) is 7.11. The third kappa shape index (κ3) is 3.74. The van der Waals surface area contributed by atoms with Gasteiger partial charge in [-0.2, -0.15) is 0 Å². The van der Waals surface area contributed by atoms with Crippen molar-refractivity contribution in [1.29, 1.82) is 0 Å². The highest BCUT2D eigenvalue weighted by Gasteiger charge is 2.15. The number of nitrogens with zero attached hydrogens (tertiary/aromatic N) is 2. The molecule has 0 aliphatic carbocycles. The Balaban J connectivity index is 1.61. The number of benzene rings is 2. The number of rotatable bonds is 5. The fourth-order valence-electron chi connectivity index (χ4n) is 2.00. The zero-order chi connectivity index (χ0) is 16.1. The lowest BCUT2D eigenvalue weighted by Crippen LogP contribution is -2.30. The molecule has 0 spiro atoms. The van der Waals surface area contributed by atoms with Crippen LogP contribution in [0.15, 0.2) is 65.4 Å². The molecule has 1 N–H and O–H groups in total. The number of carbonyl (C=O) groups is 1. The molecule has 0 saturated carbocycles. The van der Waals surface area contributed by atoms with Crippen molar-refractivity contribution in [1.82, 2.24) is 10.2 Å². The summed E-state index contributed by atoms with van der Waals surface area (Å²) in [6.07, 6.45) is 0.653. The SMILES string of the molecule is C[C@H](Oc1ccc(-c2nnco2)cc1)C(=O)Nc1ccccc1. The minimum Gasteiger partial charge on any atom is -0.481 e. The van der Waals surface area contributed by atoms with Gasteiger partial charge in [0.05, 0.1) is 0 Å². The molecule has 6 nitrogen and oxygen atoms in total. The second kappa shape index (κ2) is 6.74. The quantitative estimate of drug-likeness (QED) is 0.783. The maximum absolute atomic E-state index is 12.1. The van der Waals surface area contributed by atoms with E-state index < -0.39 is 6.10 Å². The number of aromatic nitrogens is 2. The lowest BCUT2D eigenvalue weighted by molar-refractivity contribution is -0.122. The second-order valence-corrected chi connectivity index (χ2v) is 4.88. The van der Waals surface area contributed by atoms with Crippen molar-refractivity contribution < 1.29 is 13.9 Å². The Kier molecular flexibility index (Phi) is 4.33. The maximum atomic E-state index is 12.1. The Labute approximate surface area is 133 Å². The van der Waals surface area contributed by atoms with E-state index in [1.165, 1.54) is 6.39 Å². The zero-order valence-corrected chi connectivity index (χ0v) is 12.5. The Morgan fingerprint density at radius 1 is 1.13 bits per heavy atom. The van der Waals surface area contributed by atoms with Gasteiger partial charge in [0.25, 0.3) is 5.91 Å². The van der Waals surface area contributed by atoms with Crippen LogP contribution in [0.5, 0.6) is 5.75 Å². The summed E-state index contributed by atoms with van der Waals surface area (Å²) in [4.78, 5) is 12.1. The number of anilines is 1. The Morgan fingerprint density at radius 2 is 1.87 bits per heavy atom. The number of amides is 1.